The first-order chi connectivity index (χ1) is 15.5. The lowest BCUT2D eigenvalue weighted by Gasteiger charge is -2.30. The molecule has 0 bridgehead atoms. The average molecular weight is 463 g/mol. The van der Waals surface area contributed by atoms with E-state index in [1.54, 1.807) is 23.5 Å². The van der Waals surface area contributed by atoms with Crippen LogP contribution in [-0.4, -0.2) is 8.42 Å². The molecule has 0 unspecified atom stereocenters. The molecular weight excluding hydrogens is 436 g/mol. The van der Waals surface area contributed by atoms with Crippen LogP contribution in [0, 0.1) is 6.92 Å². The minimum Gasteiger partial charge on any atom is -0.303 e. The Bertz CT molecular complexity index is 1210. The Morgan fingerprint density at radius 2 is 1.34 bits per heavy atom. The van der Waals surface area contributed by atoms with Crippen LogP contribution in [0.4, 0.5) is 0 Å². The molecule has 6 heteroatoms. The van der Waals surface area contributed by atoms with Gasteiger partial charge >= 0.3 is 0 Å². The van der Waals surface area contributed by atoms with Crippen molar-refractivity contribution >= 4 is 21.4 Å². The van der Waals surface area contributed by atoms with E-state index in [4.69, 9.17) is 0 Å². The summed E-state index contributed by atoms with van der Waals surface area (Å²) in [6, 6.07) is 30.0. The minimum absolute atomic E-state index is 0.258. The third kappa shape index (κ3) is 5.53. The quantitative estimate of drug-likeness (QED) is 0.340. The Morgan fingerprint density at radius 3 is 1.91 bits per heavy atom. The summed E-state index contributed by atoms with van der Waals surface area (Å²) in [5.74, 6) is 0. The molecule has 0 aliphatic rings. The molecule has 1 heterocycles. The molecule has 0 radical (unpaired) electrons. The molecule has 0 spiro atoms. The highest BCUT2D eigenvalue weighted by molar-refractivity contribution is 7.89. The van der Waals surface area contributed by atoms with Crippen molar-refractivity contribution in [3.63, 3.8) is 0 Å². The topological polar surface area (TPSA) is 58.2 Å². The van der Waals surface area contributed by atoms with E-state index in [-0.39, 0.29) is 10.9 Å². The highest BCUT2D eigenvalue weighted by Crippen LogP contribution is 2.31. The van der Waals surface area contributed by atoms with E-state index in [0.29, 0.717) is 6.54 Å². The highest BCUT2D eigenvalue weighted by Gasteiger charge is 2.29. The van der Waals surface area contributed by atoms with Gasteiger partial charge in [0.15, 0.2) is 0 Å². The smallest absolute Gasteiger partial charge is 0.241 e. The first-order valence-corrected chi connectivity index (χ1v) is 12.8. The summed E-state index contributed by atoms with van der Waals surface area (Å²) < 4.78 is 29.7. The normalized spacial score (nSPS) is 13.5. The monoisotopic (exact) mass is 462 g/mol. The summed E-state index contributed by atoms with van der Waals surface area (Å²) >= 11 is 1.68. The fourth-order valence-corrected chi connectivity index (χ4v) is 5.55. The Labute approximate surface area is 194 Å². The van der Waals surface area contributed by atoms with Crippen molar-refractivity contribution in [3.8, 4) is 0 Å². The Balaban J connectivity index is 1.73. The molecule has 0 fully saturated rings. The minimum atomic E-state index is -3.74. The predicted octanol–water partition coefficient (Wildman–Crippen LogP) is 5.61. The second-order valence-corrected chi connectivity index (χ2v) is 10.4. The van der Waals surface area contributed by atoms with E-state index in [9.17, 15) is 8.42 Å². The molecular formula is C26H26N2O2S2. The third-order valence-electron chi connectivity index (χ3n) is 5.34. The molecule has 0 aliphatic heterocycles. The van der Waals surface area contributed by atoms with Gasteiger partial charge in [-0.05, 0) is 41.6 Å². The highest BCUT2D eigenvalue weighted by atomic mass is 32.2. The van der Waals surface area contributed by atoms with Crippen LogP contribution in [-0.2, 0) is 16.6 Å². The molecule has 164 valence electrons. The lowest BCUT2D eigenvalue weighted by Crippen LogP contribution is -2.38. The van der Waals surface area contributed by atoms with E-state index in [1.165, 1.54) is 4.88 Å². The number of sulfonamides is 1. The predicted molar refractivity (Wildman–Crippen MR) is 131 cm³/mol. The van der Waals surface area contributed by atoms with Crippen LogP contribution in [0.2, 0.25) is 0 Å². The summed E-state index contributed by atoms with van der Waals surface area (Å²) in [6.07, 6.45) is 0. The van der Waals surface area contributed by atoms with Crippen molar-refractivity contribution < 1.29 is 8.42 Å². The average Bonchev–Trinajstić information content (AvgIpc) is 3.34. The Hall–Kier alpha value is -2.77. The SMILES string of the molecule is Cc1ccc(S(=O)(=O)N[C@H](c2ccccc2)[C@H](NCc2cccs2)c2ccccc2)cc1. The number of hydrogen-bond donors (Lipinski definition) is 2. The molecule has 3 aromatic carbocycles. The van der Waals surface area contributed by atoms with Crippen LogP contribution >= 0.6 is 11.3 Å². The molecule has 4 rings (SSSR count). The van der Waals surface area contributed by atoms with Crippen molar-refractivity contribution in [1.82, 2.24) is 10.0 Å². The fraction of sp³-hybridized carbons (Fsp3) is 0.154. The van der Waals surface area contributed by atoms with E-state index in [2.05, 4.69) is 16.1 Å². The summed E-state index contributed by atoms with van der Waals surface area (Å²) in [4.78, 5) is 1.45. The molecule has 1 aromatic heterocycles. The summed E-state index contributed by atoms with van der Waals surface area (Å²) in [6.45, 7) is 2.59. The van der Waals surface area contributed by atoms with E-state index in [0.717, 1.165) is 16.7 Å². The largest absolute Gasteiger partial charge is 0.303 e. The molecule has 32 heavy (non-hydrogen) atoms. The second kappa shape index (κ2) is 10.2. The van der Waals surface area contributed by atoms with E-state index in [1.807, 2.05) is 91.2 Å². The number of aryl methyl sites for hydroxylation is 1. The van der Waals surface area contributed by atoms with Crippen molar-refractivity contribution in [3.05, 3.63) is 124 Å². The van der Waals surface area contributed by atoms with Crippen LogP contribution in [0.15, 0.2) is 107 Å². The van der Waals surface area contributed by atoms with Crippen molar-refractivity contribution in [2.75, 3.05) is 0 Å². The van der Waals surface area contributed by atoms with Gasteiger partial charge < -0.3 is 5.32 Å². The van der Waals surface area contributed by atoms with Crippen molar-refractivity contribution in [2.45, 2.75) is 30.4 Å². The maximum Gasteiger partial charge on any atom is 0.241 e. The van der Waals surface area contributed by atoms with Crippen molar-refractivity contribution in [1.29, 1.82) is 0 Å². The second-order valence-electron chi connectivity index (χ2n) is 7.67. The van der Waals surface area contributed by atoms with Crippen LogP contribution < -0.4 is 10.0 Å². The van der Waals surface area contributed by atoms with Gasteiger partial charge in [0.1, 0.15) is 0 Å². The number of thiophene rings is 1. The molecule has 0 aliphatic carbocycles. The maximum absolute atomic E-state index is 13.4. The van der Waals surface area contributed by atoms with Gasteiger partial charge in [0.25, 0.3) is 0 Å². The standard InChI is InChI=1S/C26H26N2O2S2/c1-20-14-16-24(17-15-20)32(29,30)28-26(22-11-6-3-7-12-22)25(21-9-4-2-5-10-21)27-19-23-13-8-18-31-23/h2-18,25-28H,19H2,1H3/t25-,26-/m1/s1. The fourth-order valence-electron chi connectivity index (χ4n) is 3.65. The summed E-state index contributed by atoms with van der Waals surface area (Å²) in [7, 11) is -3.74. The van der Waals surface area contributed by atoms with Gasteiger partial charge in [-0.15, -0.1) is 11.3 Å². The molecule has 0 amide bonds. The molecule has 2 N–H and O–H groups in total. The summed E-state index contributed by atoms with van der Waals surface area (Å²) in [5.41, 5.74) is 2.93. The zero-order valence-corrected chi connectivity index (χ0v) is 19.4. The first-order valence-electron chi connectivity index (χ1n) is 10.5. The lowest BCUT2D eigenvalue weighted by atomic mass is 9.94. The zero-order valence-electron chi connectivity index (χ0n) is 17.8. The van der Waals surface area contributed by atoms with Gasteiger partial charge in [0.2, 0.25) is 10.0 Å². The Kier molecular flexibility index (Phi) is 7.17. The van der Waals surface area contributed by atoms with Gasteiger partial charge in [0, 0.05) is 11.4 Å². The molecule has 0 saturated carbocycles. The van der Waals surface area contributed by atoms with Gasteiger partial charge in [-0.2, -0.15) is 0 Å². The number of rotatable bonds is 9. The van der Waals surface area contributed by atoms with Gasteiger partial charge in [-0.25, -0.2) is 13.1 Å². The van der Waals surface area contributed by atoms with E-state index >= 15 is 0 Å². The van der Waals surface area contributed by atoms with Crippen LogP contribution in [0.5, 0.6) is 0 Å². The van der Waals surface area contributed by atoms with Gasteiger partial charge in [0.05, 0.1) is 17.0 Å². The Morgan fingerprint density at radius 1 is 0.750 bits per heavy atom. The molecule has 4 aromatic rings. The van der Waals surface area contributed by atoms with Crippen LogP contribution in [0.1, 0.15) is 33.7 Å². The molecule has 2 atom stereocenters. The number of nitrogens with one attached hydrogen (secondary N) is 2. The van der Waals surface area contributed by atoms with Gasteiger partial charge in [-0.3, -0.25) is 0 Å². The first kappa shape index (κ1) is 22.4. The van der Waals surface area contributed by atoms with Crippen LogP contribution in [0.3, 0.4) is 0 Å². The summed E-state index contributed by atoms with van der Waals surface area (Å²) in [5, 5.41) is 5.65. The molecule has 4 nitrogen and oxygen atoms in total. The van der Waals surface area contributed by atoms with Crippen LogP contribution in [0.25, 0.3) is 0 Å². The van der Waals surface area contributed by atoms with Crippen molar-refractivity contribution in [2.24, 2.45) is 0 Å². The van der Waals surface area contributed by atoms with E-state index < -0.39 is 16.1 Å². The zero-order chi connectivity index (χ0) is 22.4. The number of benzene rings is 3. The number of hydrogen-bond acceptors (Lipinski definition) is 4. The molecule has 0 saturated heterocycles. The maximum atomic E-state index is 13.4. The lowest BCUT2D eigenvalue weighted by molar-refractivity contribution is 0.423. The third-order valence-corrected chi connectivity index (χ3v) is 7.67. The van der Waals surface area contributed by atoms with Gasteiger partial charge in [-0.1, -0.05) is 84.4 Å².